The van der Waals surface area contributed by atoms with E-state index in [-0.39, 0.29) is 0 Å². The highest BCUT2D eigenvalue weighted by atomic mass is 14.9. The second kappa shape index (κ2) is 12.1. The molecule has 0 N–H and O–H groups in total. The molecule has 0 spiro atoms. The summed E-state index contributed by atoms with van der Waals surface area (Å²) in [7, 11) is 0. The van der Waals surface area contributed by atoms with Crippen molar-refractivity contribution in [2.24, 2.45) is 0 Å². The largest absolute Gasteiger partial charge is 0.245 e. The van der Waals surface area contributed by atoms with Crippen molar-refractivity contribution >= 4 is 54.1 Å². The van der Waals surface area contributed by atoms with E-state index in [4.69, 9.17) is 19.9 Å². The fourth-order valence-electron chi connectivity index (χ4n) is 8.01. The third kappa shape index (κ3) is 4.92. The average molecular weight is 687 g/mol. The molecule has 0 aliphatic heterocycles. The molecular formula is C50H30N4. The average Bonchev–Trinajstić information content (AvgIpc) is 3.25. The summed E-state index contributed by atoms with van der Waals surface area (Å²) >= 11 is 0. The second-order valence-corrected chi connectivity index (χ2v) is 13.8. The first-order valence-electron chi connectivity index (χ1n) is 18.2. The van der Waals surface area contributed by atoms with Crippen molar-refractivity contribution in [3.63, 3.8) is 0 Å². The summed E-state index contributed by atoms with van der Waals surface area (Å²) in [6.45, 7) is 0. The highest BCUT2D eigenvalue weighted by Gasteiger charge is 2.19. The van der Waals surface area contributed by atoms with Gasteiger partial charge in [0, 0.05) is 38.6 Å². The molecule has 54 heavy (non-hydrogen) atoms. The molecule has 4 nitrogen and oxygen atoms in total. The minimum atomic E-state index is 0.708. The molecule has 0 atom stereocenters. The molecular weight excluding hydrogens is 657 g/mol. The predicted octanol–water partition coefficient (Wildman–Crippen LogP) is 12.8. The van der Waals surface area contributed by atoms with Crippen LogP contribution in [0, 0.1) is 0 Å². The van der Waals surface area contributed by atoms with Gasteiger partial charge in [-0.15, -0.1) is 0 Å². The lowest BCUT2D eigenvalue weighted by molar-refractivity contribution is 1.19. The summed E-state index contributed by atoms with van der Waals surface area (Å²) in [6, 6.07) is 63.8. The lowest BCUT2D eigenvalue weighted by atomic mass is 9.88. The van der Waals surface area contributed by atoms with Gasteiger partial charge in [-0.2, -0.15) is 0 Å². The SMILES string of the molecule is c1ccc(-c2cc(-c3cc4ccc(-c5ccc6ccc7ccc(-c8ccccc8)nc7c6n5)c5ccc6cccc3c6c45)nc(-c3ccccc3)n2)cc1. The molecule has 3 heterocycles. The summed E-state index contributed by atoms with van der Waals surface area (Å²) < 4.78 is 0. The van der Waals surface area contributed by atoms with E-state index in [1.807, 2.05) is 30.3 Å². The van der Waals surface area contributed by atoms with Gasteiger partial charge in [0.05, 0.1) is 33.8 Å². The summed E-state index contributed by atoms with van der Waals surface area (Å²) in [5.41, 5.74) is 10.8. The molecule has 0 bridgehead atoms. The van der Waals surface area contributed by atoms with E-state index < -0.39 is 0 Å². The van der Waals surface area contributed by atoms with Gasteiger partial charge in [0.15, 0.2) is 5.82 Å². The van der Waals surface area contributed by atoms with Crippen molar-refractivity contribution in [3.05, 3.63) is 182 Å². The van der Waals surface area contributed by atoms with E-state index in [1.54, 1.807) is 0 Å². The van der Waals surface area contributed by atoms with Gasteiger partial charge in [-0.1, -0.05) is 158 Å². The van der Waals surface area contributed by atoms with Crippen LogP contribution in [0.3, 0.4) is 0 Å². The quantitative estimate of drug-likeness (QED) is 0.169. The molecule has 11 rings (SSSR count). The maximum atomic E-state index is 5.35. The Morgan fingerprint density at radius 2 is 0.815 bits per heavy atom. The lowest BCUT2D eigenvalue weighted by Gasteiger charge is -2.17. The molecule has 11 aromatic rings. The Bertz CT molecular complexity index is 3140. The van der Waals surface area contributed by atoms with E-state index in [0.29, 0.717) is 5.82 Å². The van der Waals surface area contributed by atoms with Gasteiger partial charge in [0.1, 0.15) is 0 Å². The van der Waals surface area contributed by atoms with Crippen molar-refractivity contribution in [2.45, 2.75) is 0 Å². The highest BCUT2D eigenvalue weighted by molar-refractivity contribution is 6.28. The Morgan fingerprint density at radius 1 is 0.278 bits per heavy atom. The minimum Gasteiger partial charge on any atom is -0.245 e. The zero-order valence-electron chi connectivity index (χ0n) is 29.1. The number of fused-ring (bicyclic) bond motifs is 3. The van der Waals surface area contributed by atoms with Crippen LogP contribution >= 0.6 is 0 Å². The van der Waals surface area contributed by atoms with E-state index in [0.717, 1.165) is 83.2 Å². The summed E-state index contributed by atoms with van der Waals surface area (Å²) in [6.07, 6.45) is 0. The first-order valence-corrected chi connectivity index (χ1v) is 18.2. The van der Waals surface area contributed by atoms with Crippen molar-refractivity contribution in [2.75, 3.05) is 0 Å². The number of nitrogens with zero attached hydrogens (tertiary/aromatic N) is 4. The van der Waals surface area contributed by atoms with Crippen LogP contribution in [-0.2, 0) is 0 Å². The molecule has 0 saturated carbocycles. The zero-order valence-corrected chi connectivity index (χ0v) is 29.1. The fourth-order valence-corrected chi connectivity index (χ4v) is 8.01. The van der Waals surface area contributed by atoms with Crippen LogP contribution in [0.25, 0.3) is 111 Å². The minimum absolute atomic E-state index is 0.708. The Kier molecular flexibility index (Phi) is 6.82. The topological polar surface area (TPSA) is 51.6 Å². The first kappa shape index (κ1) is 30.3. The Balaban J connectivity index is 1.12. The van der Waals surface area contributed by atoms with Crippen molar-refractivity contribution < 1.29 is 0 Å². The van der Waals surface area contributed by atoms with Gasteiger partial charge >= 0.3 is 0 Å². The number of benzene rings is 8. The van der Waals surface area contributed by atoms with E-state index in [2.05, 4.69) is 152 Å². The maximum Gasteiger partial charge on any atom is 0.160 e. The van der Waals surface area contributed by atoms with Gasteiger partial charge in [-0.3, -0.25) is 0 Å². The smallest absolute Gasteiger partial charge is 0.160 e. The van der Waals surface area contributed by atoms with Gasteiger partial charge in [-0.25, -0.2) is 19.9 Å². The van der Waals surface area contributed by atoms with Crippen LogP contribution in [0.5, 0.6) is 0 Å². The van der Waals surface area contributed by atoms with E-state index in [9.17, 15) is 0 Å². The van der Waals surface area contributed by atoms with Gasteiger partial charge in [0.25, 0.3) is 0 Å². The Hall–Kier alpha value is -7.30. The number of hydrogen-bond donors (Lipinski definition) is 0. The molecule has 0 radical (unpaired) electrons. The van der Waals surface area contributed by atoms with Crippen LogP contribution in [0.2, 0.25) is 0 Å². The lowest BCUT2D eigenvalue weighted by Crippen LogP contribution is -1.97. The standard InChI is InChI=1S/C50H30N4/c1-4-11-31(12-5-1)42-27-23-34-19-20-35-24-28-43(52-49(35)48(34)51-42)38-25-22-37-29-41(39-18-10-17-33-21-26-40(38)47(37)46(33)39)45-30-44(32-13-6-2-7-14-32)53-50(54-45)36-15-8-3-9-16-36/h1-30H. The van der Waals surface area contributed by atoms with Crippen LogP contribution in [0.1, 0.15) is 0 Å². The molecule has 0 aliphatic carbocycles. The molecule has 8 aromatic carbocycles. The maximum absolute atomic E-state index is 5.35. The predicted molar refractivity (Wildman–Crippen MR) is 224 cm³/mol. The Labute approximate surface area is 311 Å². The van der Waals surface area contributed by atoms with Crippen LogP contribution in [0.4, 0.5) is 0 Å². The molecule has 0 amide bonds. The summed E-state index contributed by atoms with van der Waals surface area (Å²) in [5.74, 6) is 0.708. The number of hydrogen-bond acceptors (Lipinski definition) is 4. The molecule has 0 unspecified atom stereocenters. The van der Waals surface area contributed by atoms with E-state index in [1.165, 1.54) is 21.5 Å². The van der Waals surface area contributed by atoms with Crippen molar-refractivity contribution in [1.82, 2.24) is 19.9 Å². The third-order valence-corrected chi connectivity index (χ3v) is 10.6. The fraction of sp³-hybridized carbons (Fsp3) is 0. The van der Waals surface area contributed by atoms with Crippen LogP contribution in [-0.4, -0.2) is 19.9 Å². The van der Waals surface area contributed by atoms with Crippen molar-refractivity contribution in [1.29, 1.82) is 0 Å². The van der Waals surface area contributed by atoms with Gasteiger partial charge in [0.2, 0.25) is 0 Å². The number of rotatable bonds is 5. The number of aromatic nitrogens is 4. The zero-order chi connectivity index (χ0) is 35.6. The van der Waals surface area contributed by atoms with Gasteiger partial charge < -0.3 is 0 Å². The van der Waals surface area contributed by atoms with Crippen molar-refractivity contribution in [3.8, 4) is 56.4 Å². The Morgan fingerprint density at radius 3 is 1.54 bits per heavy atom. The first-order chi connectivity index (χ1) is 26.7. The van der Waals surface area contributed by atoms with Gasteiger partial charge in [-0.05, 0) is 56.6 Å². The van der Waals surface area contributed by atoms with E-state index >= 15 is 0 Å². The molecule has 250 valence electrons. The molecule has 3 aromatic heterocycles. The third-order valence-electron chi connectivity index (χ3n) is 10.6. The van der Waals surface area contributed by atoms with Crippen LogP contribution < -0.4 is 0 Å². The summed E-state index contributed by atoms with van der Waals surface area (Å²) in [4.78, 5) is 20.8. The molecule has 0 aliphatic rings. The molecule has 4 heteroatoms. The highest BCUT2D eigenvalue weighted by Crippen LogP contribution is 2.43. The monoisotopic (exact) mass is 686 g/mol. The summed E-state index contributed by atoms with van der Waals surface area (Å²) in [5, 5.41) is 9.29. The molecule has 0 saturated heterocycles. The molecule has 0 fully saturated rings. The van der Waals surface area contributed by atoms with Crippen LogP contribution in [0.15, 0.2) is 182 Å². The normalized spacial score (nSPS) is 11.7. The second-order valence-electron chi connectivity index (χ2n) is 13.8. The number of pyridine rings is 2.